The molecule has 0 fully saturated rings. The van der Waals surface area contributed by atoms with Crippen LogP contribution in [-0.2, 0) is 6.42 Å². The number of aryl methyl sites for hydroxylation is 1. The minimum atomic E-state index is -0.778. The van der Waals surface area contributed by atoms with Crippen molar-refractivity contribution in [3.05, 3.63) is 68.5 Å². The van der Waals surface area contributed by atoms with E-state index in [-0.39, 0.29) is 11.1 Å². The fourth-order valence-electron chi connectivity index (χ4n) is 2.50. The van der Waals surface area contributed by atoms with Gasteiger partial charge in [0.25, 0.3) is 11.6 Å². The summed E-state index contributed by atoms with van der Waals surface area (Å²) in [6.07, 6.45) is 0.521. The van der Waals surface area contributed by atoms with E-state index in [0.29, 0.717) is 13.0 Å². The van der Waals surface area contributed by atoms with Gasteiger partial charge in [0.2, 0.25) is 0 Å². The van der Waals surface area contributed by atoms with Crippen LogP contribution < -0.4 is 10.1 Å². The Balaban J connectivity index is 2.09. The number of ether oxygens (including phenoxy) is 1. The molecule has 0 atom stereocenters. The molecule has 2 rings (SSSR count). The first-order chi connectivity index (χ1) is 11.8. The van der Waals surface area contributed by atoms with Crippen molar-refractivity contribution in [3.63, 3.8) is 0 Å². The molecule has 0 radical (unpaired) electrons. The van der Waals surface area contributed by atoms with E-state index in [1.54, 1.807) is 7.11 Å². The van der Waals surface area contributed by atoms with Gasteiger partial charge in [0.05, 0.1) is 17.6 Å². The Morgan fingerprint density at radius 1 is 1.28 bits per heavy atom. The molecule has 6 nitrogen and oxygen atoms in total. The van der Waals surface area contributed by atoms with Gasteiger partial charge in [-0.05, 0) is 38.0 Å². The van der Waals surface area contributed by atoms with Crippen molar-refractivity contribution >= 4 is 11.6 Å². The van der Waals surface area contributed by atoms with E-state index in [0.717, 1.165) is 29.0 Å². The van der Waals surface area contributed by atoms with Crippen LogP contribution in [0.15, 0.2) is 30.3 Å². The lowest BCUT2D eigenvalue weighted by atomic mass is 10.1. The summed E-state index contributed by atoms with van der Waals surface area (Å²) in [7, 11) is 1.57. The number of nitrogens with one attached hydrogen (secondary N) is 1. The zero-order valence-electron chi connectivity index (χ0n) is 14.3. The molecule has 1 N–H and O–H groups in total. The second-order valence-electron chi connectivity index (χ2n) is 5.68. The van der Waals surface area contributed by atoms with E-state index >= 15 is 0 Å². The van der Waals surface area contributed by atoms with Crippen LogP contribution in [0.5, 0.6) is 5.75 Å². The third-order valence-electron chi connectivity index (χ3n) is 3.89. The van der Waals surface area contributed by atoms with Crippen LogP contribution >= 0.6 is 0 Å². The van der Waals surface area contributed by atoms with Crippen molar-refractivity contribution in [2.24, 2.45) is 0 Å². The predicted octanol–water partition coefficient (Wildman–Crippen LogP) is 3.33. The number of carbonyl (C=O) groups excluding carboxylic acids is 1. The smallest absolute Gasteiger partial charge is 0.276 e. The van der Waals surface area contributed by atoms with Crippen molar-refractivity contribution in [3.8, 4) is 5.75 Å². The van der Waals surface area contributed by atoms with Gasteiger partial charge in [-0.2, -0.15) is 0 Å². The minimum Gasteiger partial charge on any atom is -0.496 e. The Hall–Kier alpha value is -2.96. The van der Waals surface area contributed by atoms with E-state index in [1.807, 2.05) is 25.1 Å². The molecule has 0 heterocycles. The van der Waals surface area contributed by atoms with Crippen molar-refractivity contribution < 1.29 is 18.8 Å². The largest absolute Gasteiger partial charge is 0.496 e. The van der Waals surface area contributed by atoms with Gasteiger partial charge in [-0.1, -0.05) is 17.7 Å². The van der Waals surface area contributed by atoms with Crippen LogP contribution in [0.1, 0.15) is 27.0 Å². The zero-order valence-corrected chi connectivity index (χ0v) is 14.3. The summed E-state index contributed by atoms with van der Waals surface area (Å²) in [6.45, 7) is 3.55. The van der Waals surface area contributed by atoms with E-state index < -0.39 is 22.3 Å². The van der Waals surface area contributed by atoms with Crippen LogP contribution in [0.25, 0.3) is 0 Å². The highest BCUT2D eigenvalue weighted by molar-refractivity contribution is 5.95. The summed E-state index contributed by atoms with van der Waals surface area (Å²) >= 11 is 0. The molecular weight excluding hydrogens is 327 g/mol. The fraction of sp³-hybridized carbons (Fsp3) is 0.278. The highest BCUT2D eigenvalue weighted by atomic mass is 19.1. The number of carbonyl (C=O) groups is 1. The molecule has 7 heteroatoms. The number of nitrogens with zero attached hydrogens (tertiary/aromatic N) is 1. The van der Waals surface area contributed by atoms with Crippen LogP contribution in [0.2, 0.25) is 0 Å². The third kappa shape index (κ3) is 4.32. The fourth-order valence-corrected chi connectivity index (χ4v) is 2.50. The van der Waals surface area contributed by atoms with Gasteiger partial charge in [0.1, 0.15) is 11.6 Å². The molecule has 0 aromatic heterocycles. The molecule has 0 bridgehead atoms. The normalized spacial score (nSPS) is 10.4. The maximum Gasteiger partial charge on any atom is 0.276 e. The lowest BCUT2D eigenvalue weighted by Gasteiger charge is -2.11. The highest BCUT2D eigenvalue weighted by Crippen LogP contribution is 2.23. The molecule has 0 unspecified atom stereocenters. The summed E-state index contributed by atoms with van der Waals surface area (Å²) < 4.78 is 19.1. The Bertz CT molecular complexity index is 821. The number of halogens is 1. The second-order valence-corrected chi connectivity index (χ2v) is 5.68. The minimum absolute atomic E-state index is 0.0778. The van der Waals surface area contributed by atoms with Crippen molar-refractivity contribution in [1.29, 1.82) is 0 Å². The monoisotopic (exact) mass is 346 g/mol. The molecule has 0 aliphatic heterocycles. The number of amides is 1. The van der Waals surface area contributed by atoms with Gasteiger partial charge in [0.15, 0.2) is 0 Å². The Kier molecular flexibility index (Phi) is 5.69. The van der Waals surface area contributed by atoms with Crippen molar-refractivity contribution in [1.82, 2.24) is 5.32 Å². The number of methoxy groups -OCH3 is 1. The average Bonchev–Trinajstić information content (AvgIpc) is 2.57. The van der Waals surface area contributed by atoms with Crippen molar-refractivity contribution in [2.75, 3.05) is 13.7 Å². The highest BCUT2D eigenvalue weighted by Gasteiger charge is 2.19. The molecule has 2 aromatic rings. The predicted molar refractivity (Wildman–Crippen MR) is 91.6 cm³/mol. The van der Waals surface area contributed by atoms with E-state index in [2.05, 4.69) is 5.32 Å². The summed E-state index contributed by atoms with van der Waals surface area (Å²) in [6, 6.07) is 7.83. The lowest BCUT2D eigenvalue weighted by molar-refractivity contribution is -0.385. The number of nitro benzene ring substituents is 1. The molecule has 1 amide bonds. The van der Waals surface area contributed by atoms with Crippen LogP contribution in [-0.4, -0.2) is 24.5 Å². The van der Waals surface area contributed by atoms with Gasteiger partial charge in [-0.25, -0.2) is 4.39 Å². The molecule has 0 aliphatic carbocycles. The summed E-state index contributed by atoms with van der Waals surface area (Å²) in [5, 5.41) is 13.6. The number of nitro groups is 1. The van der Waals surface area contributed by atoms with Gasteiger partial charge in [-0.15, -0.1) is 0 Å². The van der Waals surface area contributed by atoms with Gasteiger partial charge >= 0.3 is 0 Å². The lowest BCUT2D eigenvalue weighted by Crippen LogP contribution is -2.26. The summed E-state index contributed by atoms with van der Waals surface area (Å²) in [5.74, 6) is -0.620. The number of rotatable bonds is 6. The number of hydrogen-bond acceptors (Lipinski definition) is 4. The van der Waals surface area contributed by atoms with Gasteiger partial charge in [0, 0.05) is 18.2 Å². The van der Waals surface area contributed by atoms with Gasteiger partial charge in [-0.3, -0.25) is 14.9 Å². The molecule has 2 aromatic carbocycles. The summed E-state index contributed by atoms with van der Waals surface area (Å²) in [4.78, 5) is 22.4. The molecule has 0 spiro atoms. The standard InChI is InChI=1S/C18H19FN2O4/c1-11-4-5-17(25-3)13(8-11)6-7-20-18(22)14-9-15(19)12(2)16(10-14)21(23)24/h4-5,8-10H,6-7H2,1-3H3,(H,20,22). The van der Waals surface area contributed by atoms with Crippen molar-refractivity contribution in [2.45, 2.75) is 20.3 Å². The van der Waals surface area contributed by atoms with E-state index in [4.69, 9.17) is 4.74 Å². The molecule has 0 aliphatic rings. The molecule has 0 saturated heterocycles. The molecule has 25 heavy (non-hydrogen) atoms. The van der Waals surface area contributed by atoms with E-state index in [9.17, 15) is 19.3 Å². The zero-order chi connectivity index (χ0) is 18.6. The maximum absolute atomic E-state index is 13.8. The Morgan fingerprint density at radius 3 is 2.64 bits per heavy atom. The topological polar surface area (TPSA) is 81.5 Å². The van der Waals surface area contributed by atoms with Crippen LogP contribution in [0.4, 0.5) is 10.1 Å². The first-order valence-corrected chi connectivity index (χ1v) is 7.69. The number of hydrogen-bond donors (Lipinski definition) is 1. The second kappa shape index (κ2) is 7.74. The quantitative estimate of drug-likeness (QED) is 0.642. The van der Waals surface area contributed by atoms with Crippen LogP contribution in [0, 0.1) is 29.8 Å². The Labute approximate surface area is 144 Å². The van der Waals surface area contributed by atoms with Crippen LogP contribution in [0.3, 0.4) is 0 Å². The molecular formula is C18H19FN2O4. The molecule has 132 valence electrons. The van der Waals surface area contributed by atoms with Gasteiger partial charge < -0.3 is 10.1 Å². The Morgan fingerprint density at radius 2 is 2.00 bits per heavy atom. The SMILES string of the molecule is COc1ccc(C)cc1CCNC(=O)c1cc(F)c(C)c([N+](=O)[O-])c1. The number of benzene rings is 2. The third-order valence-corrected chi connectivity index (χ3v) is 3.89. The first kappa shape index (κ1) is 18.4. The summed E-state index contributed by atoms with van der Waals surface area (Å²) in [5.41, 5.74) is 1.42. The molecule has 0 saturated carbocycles. The average molecular weight is 346 g/mol. The van der Waals surface area contributed by atoms with E-state index in [1.165, 1.54) is 6.92 Å². The maximum atomic E-state index is 13.8. The first-order valence-electron chi connectivity index (χ1n) is 7.69.